The Balaban J connectivity index is 1.78. The fourth-order valence-electron chi connectivity index (χ4n) is 4.65. The van der Waals surface area contributed by atoms with Gasteiger partial charge in [0.2, 0.25) is 5.91 Å². The number of amides is 1. The number of anilines is 1. The molecule has 3 aromatic carbocycles. The van der Waals surface area contributed by atoms with Gasteiger partial charge in [-0.1, -0.05) is 48.5 Å². The van der Waals surface area contributed by atoms with Crippen molar-refractivity contribution in [3.05, 3.63) is 105 Å². The van der Waals surface area contributed by atoms with E-state index in [1.807, 2.05) is 37.3 Å². The van der Waals surface area contributed by atoms with Crippen molar-refractivity contribution in [3.63, 3.8) is 0 Å². The van der Waals surface area contributed by atoms with Crippen molar-refractivity contribution in [1.82, 2.24) is 4.98 Å². The predicted molar refractivity (Wildman–Crippen MR) is 121 cm³/mol. The fraction of sp³-hybridized carbons (Fsp3) is 0.120. The van der Waals surface area contributed by atoms with Gasteiger partial charge in [-0.2, -0.15) is 0 Å². The number of H-pyrrole nitrogens is 1. The van der Waals surface area contributed by atoms with Crippen LogP contribution in [0.4, 0.5) is 11.4 Å². The molecule has 0 spiro atoms. The van der Waals surface area contributed by atoms with Crippen LogP contribution in [0.5, 0.6) is 0 Å². The lowest BCUT2D eigenvalue weighted by Crippen LogP contribution is -2.26. The van der Waals surface area contributed by atoms with Gasteiger partial charge >= 0.3 is 0 Å². The van der Waals surface area contributed by atoms with Crippen LogP contribution in [0, 0.1) is 17.0 Å². The molecule has 0 fully saturated rings. The number of benzene rings is 3. The minimum atomic E-state index is -0.850. The molecule has 1 aliphatic rings. The average Bonchev–Trinajstić information content (AvgIpc) is 3.30. The lowest BCUT2D eigenvalue weighted by molar-refractivity contribution is -0.384. The summed E-state index contributed by atoms with van der Waals surface area (Å²) in [4.78, 5) is 41.2. The van der Waals surface area contributed by atoms with E-state index >= 15 is 0 Å². The van der Waals surface area contributed by atoms with E-state index in [9.17, 15) is 19.7 Å². The van der Waals surface area contributed by atoms with Crippen LogP contribution in [0.2, 0.25) is 0 Å². The highest BCUT2D eigenvalue weighted by Crippen LogP contribution is 2.46. The lowest BCUT2D eigenvalue weighted by Gasteiger charge is -2.22. The maximum absolute atomic E-state index is 13.9. The Kier molecular flexibility index (Phi) is 4.59. The number of nitrogens with zero attached hydrogens (tertiary/aromatic N) is 1. The molecule has 1 aromatic heterocycles. The molecule has 7 heteroatoms. The van der Waals surface area contributed by atoms with Gasteiger partial charge in [-0.25, -0.2) is 0 Å². The summed E-state index contributed by atoms with van der Waals surface area (Å²) in [7, 11) is 0. The maximum atomic E-state index is 13.9. The Morgan fingerprint density at radius 1 is 1.03 bits per heavy atom. The van der Waals surface area contributed by atoms with Gasteiger partial charge in [-0.3, -0.25) is 19.7 Å². The van der Waals surface area contributed by atoms with E-state index in [1.165, 1.54) is 12.1 Å². The van der Waals surface area contributed by atoms with Gasteiger partial charge in [-0.15, -0.1) is 0 Å². The van der Waals surface area contributed by atoms with Crippen LogP contribution in [0.3, 0.4) is 0 Å². The van der Waals surface area contributed by atoms with Crippen LogP contribution in [-0.2, 0) is 4.79 Å². The standard InChI is InChI=1S/C25H19N3O4/c1-14-21(18-13-16(28(31)32)11-12-20(18)26-14)23(24(29)15-7-3-2-4-8-15)22-17-9-5-6-10-19(17)27-25(22)30/h2-13,22-23,26H,1H3,(H,27,30). The predicted octanol–water partition coefficient (Wildman–Crippen LogP) is 5.09. The summed E-state index contributed by atoms with van der Waals surface area (Å²) in [5.74, 6) is -2.08. The third-order valence-corrected chi connectivity index (χ3v) is 6.05. The highest BCUT2D eigenvalue weighted by molar-refractivity contribution is 6.12. The van der Waals surface area contributed by atoms with Gasteiger partial charge in [0.25, 0.3) is 5.69 Å². The molecule has 7 nitrogen and oxygen atoms in total. The number of rotatable bonds is 5. The number of fused-ring (bicyclic) bond motifs is 2. The number of carbonyl (C=O) groups is 2. The monoisotopic (exact) mass is 425 g/mol. The first-order valence-electron chi connectivity index (χ1n) is 10.2. The normalized spacial score (nSPS) is 15.9. The fourth-order valence-corrected chi connectivity index (χ4v) is 4.65. The summed E-state index contributed by atoms with van der Waals surface area (Å²) < 4.78 is 0. The van der Waals surface area contributed by atoms with E-state index in [4.69, 9.17) is 0 Å². The van der Waals surface area contributed by atoms with Crippen molar-refractivity contribution in [2.24, 2.45) is 0 Å². The van der Waals surface area contributed by atoms with Crippen LogP contribution in [-0.4, -0.2) is 21.6 Å². The average molecular weight is 425 g/mol. The summed E-state index contributed by atoms with van der Waals surface area (Å²) in [5, 5.41) is 14.9. The van der Waals surface area contributed by atoms with E-state index in [2.05, 4.69) is 10.3 Å². The number of Topliss-reactive ketones (excluding diaryl/α,β-unsaturated/α-hetero) is 1. The summed E-state index contributed by atoms with van der Waals surface area (Å²) in [6.45, 7) is 1.82. The molecule has 2 heterocycles. The molecule has 32 heavy (non-hydrogen) atoms. The quantitative estimate of drug-likeness (QED) is 0.264. The van der Waals surface area contributed by atoms with E-state index < -0.39 is 16.8 Å². The Morgan fingerprint density at radius 3 is 2.50 bits per heavy atom. The second-order valence-electron chi connectivity index (χ2n) is 7.91. The molecule has 2 atom stereocenters. The third kappa shape index (κ3) is 3.06. The Morgan fingerprint density at radius 2 is 1.75 bits per heavy atom. The lowest BCUT2D eigenvalue weighted by atomic mass is 9.76. The van der Waals surface area contributed by atoms with Gasteiger partial charge in [0.15, 0.2) is 5.78 Å². The number of aryl methyl sites for hydroxylation is 1. The maximum Gasteiger partial charge on any atom is 0.270 e. The van der Waals surface area contributed by atoms with Crippen LogP contribution in [0.15, 0.2) is 72.8 Å². The zero-order chi connectivity index (χ0) is 22.4. The Labute approximate surface area is 183 Å². The van der Waals surface area contributed by atoms with Crippen LogP contribution < -0.4 is 5.32 Å². The Hall–Kier alpha value is -4.26. The van der Waals surface area contributed by atoms with Crippen LogP contribution >= 0.6 is 0 Å². The van der Waals surface area contributed by atoms with Gasteiger partial charge in [0, 0.05) is 40.0 Å². The first kappa shape index (κ1) is 19.7. The minimum absolute atomic E-state index is 0.0695. The highest BCUT2D eigenvalue weighted by Gasteiger charge is 2.43. The van der Waals surface area contributed by atoms with Crippen molar-refractivity contribution in [1.29, 1.82) is 0 Å². The number of non-ortho nitro benzene ring substituents is 1. The summed E-state index contributed by atoms with van der Waals surface area (Å²) in [6, 6.07) is 20.7. The SMILES string of the molecule is Cc1[nH]c2ccc([N+](=O)[O-])cc2c1C(C(=O)c1ccccc1)C1C(=O)Nc2ccccc21. The molecular weight excluding hydrogens is 406 g/mol. The number of ketones is 1. The minimum Gasteiger partial charge on any atom is -0.358 e. The molecule has 2 N–H and O–H groups in total. The molecule has 2 unspecified atom stereocenters. The third-order valence-electron chi connectivity index (χ3n) is 6.05. The smallest absolute Gasteiger partial charge is 0.270 e. The summed E-state index contributed by atoms with van der Waals surface area (Å²) in [5.41, 5.74) is 3.82. The molecule has 4 aromatic rings. The van der Waals surface area contributed by atoms with Crippen LogP contribution in [0.1, 0.15) is 39.0 Å². The molecular formula is C25H19N3O4. The zero-order valence-electron chi connectivity index (χ0n) is 17.2. The topological polar surface area (TPSA) is 105 Å². The number of para-hydroxylation sites is 1. The largest absolute Gasteiger partial charge is 0.358 e. The number of hydrogen-bond donors (Lipinski definition) is 2. The number of nitro benzene ring substituents is 1. The molecule has 1 amide bonds. The van der Waals surface area contributed by atoms with Crippen molar-refractivity contribution in [2.75, 3.05) is 5.32 Å². The molecule has 1 aliphatic heterocycles. The zero-order valence-corrected chi connectivity index (χ0v) is 17.2. The second kappa shape index (κ2) is 7.46. The van der Waals surface area contributed by atoms with Crippen molar-refractivity contribution in [3.8, 4) is 0 Å². The number of hydrogen-bond acceptors (Lipinski definition) is 4. The number of aromatic amines is 1. The van der Waals surface area contributed by atoms with E-state index in [0.717, 1.165) is 5.56 Å². The first-order valence-corrected chi connectivity index (χ1v) is 10.2. The van der Waals surface area contributed by atoms with Crippen LogP contribution in [0.25, 0.3) is 10.9 Å². The molecule has 0 aliphatic carbocycles. The van der Waals surface area contributed by atoms with Gasteiger partial charge in [0.05, 0.1) is 16.8 Å². The molecule has 0 saturated carbocycles. The number of carbonyl (C=O) groups excluding carboxylic acids is 2. The summed E-state index contributed by atoms with van der Waals surface area (Å²) >= 11 is 0. The molecule has 0 saturated heterocycles. The van der Waals surface area contributed by atoms with Crippen molar-refractivity contribution >= 4 is 34.0 Å². The number of nitro groups is 1. The number of nitrogens with one attached hydrogen (secondary N) is 2. The van der Waals surface area contributed by atoms with Gasteiger partial charge in [0.1, 0.15) is 0 Å². The Bertz CT molecular complexity index is 1390. The van der Waals surface area contributed by atoms with Gasteiger partial charge in [-0.05, 0) is 30.2 Å². The van der Waals surface area contributed by atoms with Crippen molar-refractivity contribution < 1.29 is 14.5 Å². The number of aromatic nitrogens is 1. The van der Waals surface area contributed by atoms with E-state index in [-0.39, 0.29) is 17.4 Å². The second-order valence-corrected chi connectivity index (χ2v) is 7.91. The summed E-state index contributed by atoms with van der Waals surface area (Å²) in [6.07, 6.45) is 0. The molecule has 0 bridgehead atoms. The molecule has 5 rings (SSSR count). The first-order chi connectivity index (χ1) is 15.5. The molecule has 158 valence electrons. The van der Waals surface area contributed by atoms with Gasteiger partial charge < -0.3 is 10.3 Å². The molecule has 0 radical (unpaired) electrons. The van der Waals surface area contributed by atoms with Crippen molar-refractivity contribution in [2.45, 2.75) is 18.8 Å². The van der Waals surface area contributed by atoms with E-state index in [1.54, 1.807) is 30.3 Å². The van der Waals surface area contributed by atoms with E-state index in [0.29, 0.717) is 33.4 Å². The highest BCUT2D eigenvalue weighted by atomic mass is 16.6.